The first kappa shape index (κ1) is 14.4. The van der Waals surface area contributed by atoms with Crippen molar-refractivity contribution in [1.29, 1.82) is 0 Å². The summed E-state index contributed by atoms with van der Waals surface area (Å²) in [6.07, 6.45) is 3.57. The number of nitrogens with zero attached hydrogens (tertiary/aromatic N) is 3. The van der Waals surface area contributed by atoms with E-state index in [9.17, 15) is 0 Å². The Kier molecular flexibility index (Phi) is 3.97. The second kappa shape index (κ2) is 5.53. The molecule has 2 aromatic heterocycles. The van der Waals surface area contributed by atoms with E-state index in [-0.39, 0.29) is 5.54 Å². The van der Waals surface area contributed by atoms with Crippen molar-refractivity contribution in [3.05, 3.63) is 30.6 Å². The minimum Gasteiger partial charge on any atom is -0.436 e. The van der Waals surface area contributed by atoms with Crippen LogP contribution in [-0.4, -0.2) is 20.3 Å². The van der Waals surface area contributed by atoms with Crippen LogP contribution in [0.15, 0.2) is 30.6 Å². The van der Waals surface area contributed by atoms with Crippen LogP contribution in [0.4, 0.5) is 5.82 Å². The van der Waals surface area contributed by atoms with Crippen LogP contribution in [-0.2, 0) is 0 Å². The Balaban J connectivity index is 2.11. The molecule has 0 aliphatic carbocycles. The first-order chi connectivity index (χ1) is 9.33. The molecule has 0 unspecified atom stereocenters. The van der Waals surface area contributed by atoms with Gasteiger partial charge in [-0.2, -0.15) is 10.1 Å². The quantitative estimate of drug-likeness (QED) is 0.919. The molecule has 108 valence electrons. The summed E-state index contributed by atoms with van der Waals surface area (Å²) in [6.45, 7) is 10.4. The molecule has 2 aromatic rings. The SMILES string of the molecule is CC(C)n1cc(Oc2cccc(NC(C)(C)C)n2)cn1. The smallest absolute Gasteiger partial charge is 0.221 e. The molecule has 0 saturated carbocycles. The van der Waals surface area contributed by atoms with E-state index in [2.05, 4.69) is 50.0 Å². The second-order valence-electron chi connectivity index (χ2n) is 6.09. The normalized spacial score (nSPS) is 11.7. The molecule has 20 heavy (non-hydrogen) atoms. The number of nitrogens with one attached hydrogen (secondary N) is 1. The van der Waals surface area contributed by atoms with Crippen LogP contribution >= 0.6 is 0 Å². The zero-order valence-electron chi connectivity index (χ0n) is 12.7. The van der Waals surface area contributed by atoms with Crippen molar-refractivity contribution in [3.8, 4) is 11.6 Å². The molecule has 0 amide bonds. The van der Waals surface area contributed by atoms with Crippen molar-refractivity contribution in [2.24, 2.45) is 0 Å². The number of aromatic nitrogens is 3. The molecule has 0 atom stereocenters. The standard InChI is InChI=1S/C15H22N4O/c1-11(2)19-10-12(9-16-19)20-14-8-6-7-13(17-14)18-15(3,4)5/h6-11H,1-5H3,(H,17,18). The monoisotopic (exact) mass is 274 g/mol. The third-order valence-corrected chi connectivity index (χ3v) is 2.56. The summed E-state index contributed by atoms with van der Waals surface area (Å²) in [7, 11) is 0. The lowest BCUT2D eigenvalue weighted by Crippen LogP contribution is -2.26. The number of ether oxygens (including phenoxy) is 1. The highest BCUT2D eigenvalue weighted by molar-refractivity contribution is 5.40. The zero-order chi connectivity index (χ0) is 14.8. The van der Waals surface area contributed by atoms with Gasteiger partial charge in [0.2, 0.25) is 5.88 Å². The molecule has 5 heteroatoms. The van der Waals surface area contributed by atoms with Gasteiger partial charge in [0.05, 0.1) is 12.4 Å². The third kappa shape index (κ3) is 3.98. The summed E-state index contributed by atoms with van der Waals surface area (Å²) < 4.78 is 7.58. The second-order valence-corrected chi connectivity index (χ2v) is 6.09. The van der Waals surface area contributed by atoms with Crippen LogP contribution in [0.5, 0.6) is 11.6 Å². The molecule has 0 spiro atoms. The minimum absolute atomic E-state index is 0.0336. The Hall–Kier alpha value is -2.04. The van der Waals surface area contributed by atoms with Gasteiger partial charge in [0.25, 0.3) is 0 Å². The lowest BCUT2D eigenvalue weighted by Gasteiger charge is -2.21. The third-order valence-electron chi connectivity index (χ3n) is 2.56. The molecule has 0 aliphatic heterocycles. The Morgan fingerprint density at radius 3 is 2.60 bits per heavy atom. The Morgan fingerprint density at radius 2 is 2.00 bits per heavy atom. The predicted octanol–water partition coefficient (Wildman–Crippen LogP) is 3.86. The van der Waals surface area contributed by atoms with E-state index >= 15 is 0 Å². The van der Waals surface area contributed by atoms with E-state index < -0.39 is 0 Å². The van der Waals surface area contributed by atoms with Gasteiger partial charge in [0.1, 0.15) is 5.82 Å². The average molecular weight is 274 g/mol. The number of hydrogen-bond acceptors (Lipinski definition) is 4. The summed E-state index contributed by atoms with van der Waals surface area (Å²) in [5.74, 6) is 2.05. The zero-order valence-corrected chi connectivity index (χ0v) is 12.7. The molecule has 2 rings (SSSR count). The molecular formula is C15H22N4O. The maximum Gasteiger partial charge on any atom is 0.221 e. The lowest BCUT2D eigenvalue weighted by atomic mass is 10.1. The highest BCUT2D eigenvalue weighted by atomic mass is 16.5. The Labute approximate surface area is 120 Å². The summed E-state index contributed by atoms with van der Waals surface area (Å²) in [4.78, 5) is 4.44. The molecular weight excluding hydrogens is 252 g/mol. The van der Waals surface area contributed by atoms with Gasteiger partial charge in [-0.25, -0.2) is 0 Å². The van der Waals surface area contributed by atoms with E-state index in [1.54, 1.807) is 6.20 Å². The maximum atomic E-state index is 5.73. The summed E-state index contributed by atoms with van der Waals surface area (Å²) >= 11 is 0. The summed E-state index contributed by atoms with van der Waals surface area (Å²) in [5, 5.41) is 7.56. The van der Waals surface area contributed by atoms with Crippen molar-refractivity contribution in [2.75, 3.05) is 5.32 Å². The van der Waals surface area contributed by atoms with E-state index in [0.717, 1.165) is 5.82 Å². The molecule has 1 N–H and O–H groups in total. The fourth-order valence-electron chi connectivity index (χ4n) is 1.70. The first-order valence-corrected chi connectivity index (χ1v) is 6.81. The van der Waals surface area contributed by atoms with Crippen molar-refractivity contribution in [3.63, 3.8) is 0 Å². The van der Waals surface area contributed by atoms with Crippen LogP contribution in [0.25, 0.3) is 0 Å². The largest absolute Gasteiger partial charge is 0.436 e. The van der Waals surface area contributed by atoms with Crippen LogP contribution in [0, 0.1) is 0 Å². The Bertz CT molecular complexity index is 569. The van der Waals surface area contributed by atoms with Crippen LogP contribution < -0.4 is 10.1 Å². The molecule has 0 fully saturated rings. The van der Waals surface area contributed by atoms with Crippen LogP contribution in [0.2, 0.25) is 0 Å². The fourth-order valence-corrected chi connectivity index (χ4v) is 1.70. The van der Waals surface area contributed by atoms with E-state index in [1.165, 1.54) is 0 Å². The van der Waals surface area contributed by atoms with Gasteiger partial charge in [-0.05, 0) is 40.7 Å². The lowest BCUT2D eigenvalue weighted by molar-refractivity contribution is 0.459. The van der Waals surface area contributed by atoms with Crippen molar-refractivity contribution >= 4 is 5.82 Å². The topological polar surface area (TPSA) is 52.0 Å². The van der Waals surface area contributed by atoms with Gasteiger partial charge in [0, 0.05) is 17.6 Å². The van der Waals surface area contributed by atoms with Gasteiger partial charge in [-0.3, -0.25) is 4.68 Å². The van der Waals surface area contributed by atoms with Gasteiger partial charge in [-0.15, -0.1) is 0 Å². The molecule has 0 aliphatic rings. The molecule has 0 aromatic carbocycles. The highest BCUT2D eigenvalue weighted by Gasteiger charge is 2.11. The van der Waals surface area contributed by atoms with Gasteiger partial charge >= 0.3 is 0 Å². The van der Waals surface area contributed by atoms with E-state index in [0.29, 0.717) is 17.7 Å². The van der Waals surface area contributed by atoms with Crippen LogP contribution in [0.1, 0.15) is 40.7 Å². The number of hydrogen-bond donors (Lipinski definition) is 1. The molecule has 0 radical (unpaired) electrons. The molecule has 2 heterocycles. The van der Waals surface area contributed by atoms with Crippen LogP contribution in [0.3, 0.4) is 0 Å². The van der Waals surface area contributed by atoms with Crippen molar-refractivity contribution < 1.29 is 4.74 Å². The molecule has 0 saturated heterocycles. The fraction of sp³-hybridized carbons (Fsp3) is 0.467. The number of rotatable bonds is 4. The number of pyridine rings is 1. The average Bonchev–Trinajstić information content (AvgIpc) is 2.75. The van der Waals surface area contributed by atoms with Crippen molar-refractivity contribution in [1.82, 2.24) is 14.8 Å². The van der Waals surface area contributed by atoms with Gasteiger partial charge in [-0.1, -0.05) is 6.07 Å². The molecule has 0 bridgehead atoms. The summed E-state index contributed by atoms with van der Waals surface area (Å²) in [6, 6.07) is 5.99. The Morgan fingerprint density at radius 1 is 1.25 bits per heavy atom. The van der Waals surface area contributed by atoms with Crippen molar-refractivity contribution in [2.45, 2.75) is 46.2 Å². The highest BCUT2D eigenvalue weighted by Crippen LogP contribution is 2.22. The van der Waals surface area contributed by atoms with E-state index in [4.69, 9.17) is 4.74 Å². The van der Waals surface area contributed by atoms with Gasteiger partial charge in [0.15, 0.2) is 5.75 Å². The van der Waals surface area contributed by atoms with Gasteiger partial charge < -0.3 is 10.1 Å². The number of anilines is 1. The summed E-state index contributed by atoms with van der Waals surface area (Å²) in [5.41, 5.74) is -0.0336. The minimum atomic E-state index is -0.0336. The predicted molar refractivity (Wildman–Crippen MR) is 80.3 cm³/mol. The first-order valence-electron chi connectivity index (χ1n) is 6.81. The maximum absolute atomic E-state index is 5.73. The van der Waals surface area contributed by atoms with E-state index in [1.807, 2.05) is 29.1 Å². The molecule has 5 nitrogen and oxygen atoms in total.